The molecule has 2 aromatic carbocycles. The quantitative estimate of drug-likeness (QED) is 0.387. The van der Waals surface area contributed by atoms with Gasteiger partial charge in [-0.25, -0.2) is 18.0 Å². The third-order valence-corrected chi connectivity index (χ3v) is 8.55. The van der Waals surface area contributed by atoms with Gasteiger partial charge in [0.15, 0.2) is 9.84 Å². The fraction of sp³-hybridized carbons (Fsp3) is 0.481. The minimum absolute atomic E-state index is 0.354. The minimum Gasteiger partial charge on any atom is -0.507 e. The van der Waals surface area contributed by atoms with E-state index in [1.807, 2.05) is 0 Å². The van der Waals surface area contributed by atoms with Crippen LogP contribution < -0.4 is 0 Å². The molecule has 2 aliphatic rings. The number of ether oxygens (including phenoxy) is 2. The molecule has 2 fully saturated rings. The molecular weight excluding hydrogens is 484 g/mol. The van der Waals surface area contributed by atoms with Gasteiger partial charge in [0.1, 0.15) is 39.7 Å². The molecule has 0 unspecified atom stereocenters. The highest BCUT2D eigenvalue weighted by Gasteiger charge is 2.36. The zero-order valence-corrected chi connectivity index (χ0v) is 21.0. The van der Waals surface area contributed by atoms with Crippen molar-refractivity contribution in [3.8, 4) is 11.5 Å². The smallest absolute Gasteiger partial charge is 0.343 e. The summed E-state index contributed by atoms with van der Waals surface area (Å²) in [7, 11) is -4.39. The van der Waals surface area contributed by atoms with Gasteiger partial charge in [0.2, 0.25) is 0 Å². The van der Waals surface area contributed by atoms with E-state index in [-0.39, 0.29) is 6.10 Å². The zero-order chi connectivity index (χ0) is 25.7. The van der Waals surface area contributed by atoms with Crippen molar-refractivity contribution in [3.63, 3.8) is 0 Å². The summed E-state index contributed by atoms with van der Waals surface area (Å²) in [6, 6.07) is 9.13. The van der Waals surface area contributed by atoms with Gasteiger partial charge < -0.3 is 19.7 Å². The van der Waals surface area contributed by atoms with Crippen molar-refractivity contribution in [3.05, 3.63) is 53.1 Å². The summed E-state index contributed by atoms with van der Waals surface area (Å²) in [5.74, 6) is -4.21. The number of benzene rings is 2. The van der Waals surface area contributed by atoms with E-state index in [4.69, 9.17) is 9.47 Å². The molecule has 0 heterocycles. The van der Waals surface area contributed by atoms with E-state index in [0.717, 1.165) is 44.6 Å². The number of esters is 2. The largest absolute Gasteiger partial charge is 0.507 e. The minimum atomic E-state index is -4.39. The first-order valence-electron chi connectivity index (χ1n) is 12.5. The van der Waals surface area contributed by atoms with Crippen LogP contribution in [0.5, 0.6) is 11.5 Å². The summed E-state index contributed by atoms with van der Waals surface area (Å²) in [5.41, 5.74) is -0.750. The third-order valence-electron chi connectivity index (χ3n) is 6.82. The van der Waals surface area contributed by atoms with E-state index in [2.05, 4.69) is 0 Å². The van der Waals surface area contributed by atoms with Crippen molar-refractivity contribution in [2.24, 2.45) is 0 Å². The summed E-state index contributed by atoms with van der Waals surface area (Å²) in [4.78, 5) is 25.2. The van der Waals surface area contributed by atoms with Gasteiger partial charge in [0.25, 0.3) is 0 Å². The maximum absolute atomic E-state index is 13.5. The van der Waals surface area contributed by atoms with Crippen LogP contribution >= 0.6 is 0 Å². The molecule has 2 saturated carbocycles. The maximum atomic E-state index is 13.5. The molecule has 0 spiro atoms. The Labute approximate surface area is 211 Å². The molecular formula is C27H32O8S. The van der Waals surface area contributed by atoms with E-state index in [1.54, 1.807) is 30.3 Å². The van der Waals surface area contributed by atoms with E-state index < -0.39 is 61.2 Å². The fourth-order valence-electron chi connectivity index (χ4n) is 4.95. The molecule has 36 heavy (non-hydrogen) atoms. The number of sulfone groups is 1. The van der Waals surface area contributed by atoms with Gasteiger partial charge in [-0.3, -0.25) is 0 Å². The summed E-state index contributed by atoms with van der Waals surface area (Å²) in [6.45, 7) is 0. The fourth-order valence-corrected chi connectivity index (χ4v) is 6.63. The second-order valence-electron chi connectivity index (χ2n) is 9.57. The molecule has 0 atom stereocenters. The standard InChI is InChI=1S/C27H32O8S/c28-22-16-21(26(30)34-19-12-6-2-7-13-19)24(29)25(36(32,33)17-18-10-4-1-5-11-18)23(22)27(31)35-20-14-8-3-9-15-20/h1,4-5,10-11,16,19-20,28-29H,2-3,6-9,12-15,17H2. The Kier molecular flexibility index (Phi) is 8.18. The van der Waals surface area contributed by atoms with E-state index in [9.17, 15) is 28.2 Å². The lowest BCUT2D eigenvalue weighted by atomic mass is 9.97. The molecule has 0 aliphatic heterocycles. The number of carbonyl (C=O) groups is 2. The van der Waals surface area contributed by atoms with Crippen LogP contribution in [-0.4, -0.2) is 42.8 Å². The second kappa shape index (κ2) is 11.3. The highest BCUT2D eigenvalue weighted by atomic mass is 32.2. The molecule has 2 aliphatic carbocycles. The number of carbonyl (C=O) groups excluding carboxylic acids is 2. The lowest BCUT2D eigenvalue weighted by Crippen LogP contribution is -2.24. The van der Waals surface area contributed by atoms with Crippen LogP contribution in [0.3, 0.4) is 0 Å². The van der Waals surface area contributed by atoms with E-state index >= 15 is 0 Å². The number of hydrogen-bond acceptors (Lipinski definition) is 8. The predicted molar refractivity (Wildman–Crippen MR) is 132 cm³/mol. The van der Waals surface area contributed by atoms with Crippen LogP contribution in [0, 0.1) is 0 Å². The molecule has 0 amide bonds. The molecule has 9 heteroatoms. The average molecular weight is 517 g/mol. The molecule has 0 radical (unpaired) electrons. The van der Waals surface area contributed by atoms with Gasteiger partial charge in [-0.2, -0.15) is 0 Å². The number of phenolic OH excluding ortho intramolecular Hbond substituents is 2. The Morgan fingerprint density at radius 2 is 1.33 bits per heavy atom. The highest BCUT2D eigenvalue weighted by Crippen LogP contribution is 2.40. The second-order valence-corrected chi connectivity index (χ2v) is 11.5. The first kappa shape index (κ1) is 26.0. The Balaban J connectivity index is 1.74. The molecule has 8 nitrogen and oxygen atoms in total. The van der Waals surface area contributed by atoms with Crippen LogP contribution in [0.4, 0.5) is 0 Å². The van der Waals surface area contributed by atoms with Gasteiger partial charge >= 0.3 is 11.9 Å². The van der Waals surface area contributed by atoms with Crippen molar-refractivity contribution in [2.45, 2.75) is 87.1 Å². The van der Waals surface area contributed by atoms with Crippen LogP contribution in [0.2, 0.25) is 0 Å². The van der Waals surface area contributed by atoms with Crippen molar-refractivity contribution >= 4 is 21.8 Å². The number of phenols is 2. The maximum Gasteiger partial charge on any atom is 0.343 e. The normalized spacial score (nSPS) is 17.4. The topological polar surface area (TPSA) is 127 Å². The molecule has 4 rings (SSSR count). The van der Waals surface area contributed by atoms with Crippen molar-refractivity contribution in [2.75, 3.05) is 0 Å². The van der Waals surface area contributed by atoms with Crippen LogP contribution in [-0.2, 0) is 25.1 Å². The Morgan fingerprint density at radius 1 is 0.806 bits per heavy atom. The number of rotatable bonds is 7. The van der Waals surface area contributed by atoms with Gasteiger partial charge in [-0.15, -0.1) is 0 Å². The highest BCUT2D eigenvalue weighted by molar-refractivity contribution is 7.90. The summed E-state index contributed by atoms with van der Waals surface area (Å²) in [5, 5.41) is 21.9. The average Bonchev–Trinajstić information content (AvgIpc) is 2.86. The third kappa shape index (κ3) is 6.00. The van der Waals surface area contributed by atoms with Crippen LogP contribution in [0.15, 0.2) is 41.3 Å². The molecule has 0 aromatic heterocycles. The Hall–Kier alpha value is -3.07. The predicted octanol–water partition coefficient (Wildman–Crippen LogP) is 5.05. The zero-order valence-electron chi connectivity index (χ0n) is 20.1. The Morgan fingerprint density at radius 3 is 1.89 bits per heavy atom. The summed E-state index contributed by atoms with van der Waals surface area (Å²) < 4.78 is 38.1. The molecule has 0 saturated heterocycles. The van der Waals surface area contributed by atoms with Crippen molar-refractivity contribution in [1.29, 1.82) is 0 Å². The molecule has 194 valence electrons. The monoisotopic (exact) mass is 516 g/mol. The van der Waals surface area contributed by atoms with Gasteiger partial charge in [-0.1, -0.05) is 43.2 Å². The first-order chi connectivity index (χ1) is 17.3. The lowest BCUT2D eigenvalue weighted by Gasteiger charge is -2.24. The van der Waals surface area contributed by atoms with Gasteiger partial charge in [0, 0.05) is 0 Å². The molecule has 2 N–H and O–H groups in total. The van der Waals surface area contributed by atoms with Crippen molar-refractivity contribution in [1.82, 2.24) is 0 Å². The SMILES string of the molecule is O=C(OC1CCCCC1)c1cc(O)c(C(=O)OC2CCCCC2)c(S(=O)(=O)Cc2ccccc2)c1O. The summed E-state index contributed by atoms with van der Waals surface area (Å²) in [6.07, 6.45) is 7.46. The Bertz CT molecular complexity index is 1190. The van der Waals surface area contributed by atoms with Gasteiger partial charge in [0.05, 0.1) is 5.75 Å². The first-order valence-corrected chi connectivity index (χ1v) is 14.2. The van der Waals surface area contributed by atoms with Crippen LogP contribution in [0.1, 0.15) is 90.5 Å². The van der Waals surface area contributed by atoms with Gasteiger partial charge in [-0.05, 0) is 63.0 Å². The van der Waals surface area contributed by atoms with E-state index in [0.29, 0.717) is 31.2 Å². The molecule has 0 bridgehead atoms. The number of aromatic hydroxyl groups is 2. The van der Waals surface area contributed by atoms with E-state index in [1.165, 1.54) is 0 Å². The summed E-state index contributed by atoms with van der Waals surface area (Å²) >= 11 is 0. The molecule has 2 aromatic rings. The lowest BCUT2D eigenvalue weighted by molar-refractivity contribution is 0.0186. The van der Waals surface area contributed by atoms with Crippen molar-refractivity contribution < 1.29 is 37.7 Å². The van der Waals surface area contributed by atoms with Crippen LogP contribution in [0.25, 0.3) is 0 Å². The number of hydrogen-bond donors (Lipinski definition) is 2.